The van der Waals surface area contributed by atoms with E-state index in [-0.39, 0.29) is 0 Å². The Kier molecular flexibility index (Phi) is 8.30. The lowest BCUT2D eigenvalue weighted by Gasteiger charge is -1.96. The fourth-order valence-corrected chi connectivity index (χ4v) is 3.28. The minimum absolute atomic E-state index is 1.05. The highest BCUT2D eigenvalue weighted by atomic mass is 32.2. The molecule has 0 saturated heterocycles. The summed E-state index contributed by atoms with van der Waals surface area (Å²) in [7, 11) is 0. The van der Waals surface area contributed by atoms with Gasteiger partial charge in [-0.15, -0.1) is 23.1 Å². The van der Waals surface area contributed by atoms with Gasteiger partial charge < -0.3 is 0 Å². The van der Waals surface area contributed by atoms with Crippen LogP contribution in [0.5, 0.6) is 0 Å². The van der Waals surface area contributed by atoms with Gasteiger partial charge >= 0.3 is 0 Å². The van der Waals surface area contributed by atoms with Crippen molar-refractivity contribution >= 4 is 23.1 Å². The summed E-state index contributed by atoms with van der Waals surface area (Å²) in [5.41, 5.74) is 1.22. The maximum atomic E-state index is 3.30. The van der Waals surface area contributed by atoms with Gasteiger partial charge in [0.05, 0.1) is 0 Å². The highest BCUT2D eigenvalue weighted by Gasteiger charge is 1.97. The summed E-state index contributed by atoms with van der Waals surface area (Å²) in [5.74, 6) is 6.58. The molecule has 1 aromatic rings. The largest absolute Gasteiger partial charge is 0.150 e. The van der Waals surface area contributed by atoms with Crippen molar-refractivity contribution in [2.24, 2.45) is 0 Å². The molecule has 17 heavy (non-hydrogen) atoms. The van der Waals surface area contributed by atoms with E-state index in [1.54, 1.807) is 23.1 Å². The molecule has 1 aromatic heterocycles. The van der Waals surface area contributed by atoms with Crippen LogP contribution in [0.15, 0.2) is 15.7 Å². The van der Waals surface area contributed by atoms with Crippen LogP contribution in [0.4, 0.5) is 0 Å². The average molecular weight is 266 g/mol. The van der Waals surface area contributed by atoms with Gasteiger partial charge in [0.15, 0.2) is 0 Å². The normalized spacial score (nSPS) is 10.0. The van der Waals surface area contributed by atoms with E-state index in [1.165, 1.54) is 49.0 Å². The molecule has 1 heterocycles. The van der Waals surface area contributed by atoms with Crippen molar-refractivity contribution in [1.29, 1.82) is 0 Å². The average Bonchev–Trinajstić information content (AvgIpc) is 2.80. The lowest BCUT2D eigenvalue weighted by atomic mass is 10.1. The Bertz CT molecular complexity index is 354. The third kappa shape index (κ3) is 6.19. The van der Waals surface area contributed by atoms with Crippen LogP contribution in [-0.4, -0.2) is 6.26 Å². The summed E-state index contributed by atoms with van der Waals surface area (Å²) in [6.45, 7) is 2.26. The summed E-state index contributed by atoms with van der Waals surface area (Å²) in [4.78, 5) is 1.32. The number of thioether (sulfide) groups is 1. The van der Waals surface area contributed by atoms with Gasteiger partial charge in [-0.3, -0.25) is 0 Å². The summed E-state index contributed by atoms with van der Waals surface area (Å²) in [6.07, 6.45) is 11.3. The van der Waals surface area contributed by atoms with Crippen LogP contribution in [0, 0.1) is 11.8 Å². The third-order valence-corrected chi connectivity index (χ3v) is 4.40. The van der Waals surface area contributed by atoms with Crippen molar-refractivity contribution in [3.05, 3.63) is 16.3 Å². The Labute approximate surface area is 114 Å². The molecule has 0 aliphatic heterocycles. The standard InChI is InChI=1S/C15H22S2/c1-3-4-5-6-7-8-9-10-11-14-12-17-13-15(14)16-2/h12-13H,3-9H2,1-2H3. The molecule has 0 unspecified atom stereocenters. The molecule has 0 aliphatic rings. The fraction of sp³-hybridized carbons (Fsp3) is 0.600. The number of hydrogen-bond acceptors (Lipinski definition) is 2. The molecule has 1 rings (SSSR count). The molecule has 0 atom stereocenters. The first kappa shape index (κ1) is 14.7. The second kappa shape index (κ2) is 9.62. The van der Waals surface area contributed by atoms with E-state index in [9.17, 15) is 0 Å². The molecule has 0 fully saturated rings. The Balaban J connectivity index is 2.14. The van der Waals surface area contributed by atoms with Gasteiger partial charge in [-0.1, -0.05) is 50.9 Å². The van der Waals surface area contributed by atoms with Gasteiger partial charge in [0.25, 0.3) is 0 Å². The SMILES string of the molecule is CCCCCCCCC#Cc1cscc1SC. The van der Waals surface area contributed by atoms with E-state index in [0.29, 0.717) is 0 Å². The van der Waals surface area contributed by atoms with E-state index in [4.69, 9.17) is 0 Å². The molecule has 0 nitrogen and oxygen atoms in total. The first-order valence-corrected chi connectivity index (χ1v) is 8.64. The Morgan fingerprint density at radius 3 is 2.65 bits per heavy atom. The smallest absolute Gasteiger partial charge is 0.0488 e. The van der Waals surface area contributed by atoms with Gasteiger partial charge in [0.2, 0.25) is 0 Å². The number of thiophene rings is 1. The zero-order chi connectivity index (χ0) is 12.3. The monoisotopic (exact) mass is 266 g/mol. The molecule has 0 saturated carbocycles. The summed E-state index contributed by atoms with van der Waals surface area (Å²) in [5, 5.41) is 4.33. The van der Waals surface area contributed by atoms with Crippen molar-refractivity contribution in [3.8, 4) is 11.8 Å². The van der Waals surface area contributed by atoms with Gasteiger partial charge in [0.1, 0.15) is 0 Å². The van der Waals surface area contributed by atoms with Gasteiger partial charge in [0, 0.05) is 27.6 Å². The summed E-state index contributed by atoms with van der Waals surface area (Å²) in [6, 6.07) is 0. The maximum Gasteiger partial charge on any atom is 0.0488 e. The molecule has 2 heteroatoms. The van der Waals surface area contributed by atoms with Crippen LogP contribution in [0.25, 0.3) is 0 Å². The van der Waals surface area contributed by atoms with Crippen LogP contribution in [0.1, 0.15) is 57.4 Å². The number of rotatable bonds is 7. The van der Waals surface area contributed by atoms with Crippen LogP contribution >= 0.6 is 23.1 Å². The molecule has 0 amide bonds. The van der Waals surface area contributed by atoms with Crippen LogP contribution in [0.2, 0.25) is 0 Å². The molecule has 0 spiro atoms. The minimum Gasteiger partial charge on any atom is -0.150 e. The lowest BCUT2D eigenvalue weighted by Crippen LogP contribution is -1.78. The Morgan fingerprint density at radius 1 is 1.12 bits per heavy atom. The van der Waals surface area contributed by atoms with Crippen LogP contribution in [-0.2, 0) is 0 Å². The number of hydrogen-bond donors (Lipinski definition) is 0. The van der Waals surface area contributed by atoms with Crippen molar-refractivity contribution in [2.75, 3.05) is 6.26 Å². The van der Waals surface area contributed by atoms with Crippen LogP contribution in [0.3, 0.4) is 0 Å². The fourth-order valence-electron chi connectivity index (χ4n) is 1.69. The molecule has 0 aliphatic carbocycles. The second-order valence-electron chi connectivity index (χ2n) is 4.17. The van der Waals surface area contributed by atoms with Crippen molar-refractivity contribution in [2.45, 2.75) is 56.8 Å². The minimum atomic E-state index is 1.05. The van der Waals surface area contributed by atoms with E-state index >= 15 is 0 Å². The van der Waals surface area contributed by atoms with E-state index < -0.39 is 0 Å². The summed E-state index contributed by atoms with van der Waals surface area (Å²) < 4.78 is 0. The van der Waals surface area contributed by atoms with E-state index in [2.05, 4.69) is 35.8 Å². The summed E-state index contributed by atoms with van der Waals surface area (Å²) >= 11 is 3.53. The zero-order valence-electron chi connectivity index (χ0n) is 10.9. The first-order chi connectivity index (χ1) is 8.38. The Morgan fingerprint density at radius 2 is 1.88 bits per heavy atom. The quantitative estimate of drug-likeness (QED) is 0.353. The van der Waals surface area contributed by atoms with Gasteiger partial charge in [-0.05, 0) is 12.7 Å². The molecular formula is C15H22S2. The highest BCUT2D eigenvalue weighted by molar-refractivity contribution is 7.98. The predicted octanol–water partition coefficient (Wildman–Crippen LogP) is 5.57. The third-order valence-electron chi connectivity index (χ3n) is 2.72. The molecule has 0 N–H and O–H groups in total. The molecule has 0 aromatic carbocycles. The molecular weight excluding hydrogens is 244 g/mol. The zero-order valence-corrected chi connectivity index (χ0v) is 12.6. The van der Waals surface area contributed by atoms with Crippen molar-refractivity contribution < 1.29 is 0 Å². The molecule has 0 radical (unpaired) electrons. The van der Waals surface area contributed by atoms with Gasteiger partial charge in [-0.25, -0.2) is 0 Å². The first-order valence-electron chi connectivity index (χ1n) is 6.47. The number of unbranched alkanes of at least 4 members (excludes halogenated alkanes) is 6. The highest BCUT2D eigenvalue weighted by Crippen LogP contribution is 2.23. The molecule has 0 bridgehead atoms. The van der Waals surface area contributed by atoms with Crippen molar-refractivity contribution in [3.63, 3.8) is 0 Å². The lowest BCUT2D eigenvalue weighted by molar-refractivity contribution is 0.614. The second-order valence-corrected chi connectivity index (χ2v) is 5.77. The van der Waals surface area contributed by atoms with E-state index in [1.807, 2.05) is 0 Å². The van der Waals surface area contributed by atoms with Gasteiger partial charge in [-0.2, -0.15) is 0 Å². The molecule has 94 valence electrons. The Hall–Kier alpha value is -0.390. The maximum absolute atomic E-state index is 3.30. The predicted molar refractivity (Wildman–Crippen MR) is 81.0 cm³/mol. The topological polar surface area (TPSA) is 0 Å². The van der Waals surface area contributed by atoms with Crippen LogP contribution < -0.4 is 0 Å². The van der Waals surface area contributed by atoms with Crippen molar-refractivity contribution in [1.82, 2.24) is 0 Å². The van der Waals surface area contributed by atoms with E-state index in [0.717, 1.165) is 6.42 Å².